The van der Waals surface area contributed by atoms with Crippen molar-refractivity contribution in [1.82, 2.24) is 19.5 Å². The van der Waals surface area contributed by atoms with Crippen LogP contribution in [0.2, 0.25) is 0 Å². The molecule has 0 saturated carbocycles. The monoisotopic (exact) mass is 730 g/mol. The summed E-state index contributed by atoms with van der Waals surface area (Å²) in [5.74, 6) is 1.73. The third kappa shape index (κ3) is 5.01. The van der Waals surface area contributed by atoms with E-state index in [1.807, 2.05) is 36.4 Å². The van der Waals surface area contributed by atoms with Gasteiger partial charge in [-0.05, 0) is 77.9 Å². The van der Waals surface area contributed by atoms with E-state index in [1.54, 1.807) is 0 Å². The van der Waals surface area contributed by atoms with Gasteiger partial charge in [0.2, 0.25) is 0 Å². The Labute approximate surface area is 325 Å². The molecule has 0 aliphatic heterocycles. The summed E-state index contributed by atoms with van der Waals surface area (Å²) in [6.07, 6.45) is 0. The molecule has 6 nitrogen and oxygen atoms in total. The lowest BCUT2D eigenvalue weighted by Crippen LogP contribution is -2.00. The van der Waals surface area contributed by atoms with Crippen LogP contribution in [0.4, 0.5) is 0 Å². The standard InChI is InChI=1S/C51H30N4O2/c1-3-11-31(12-4-1)32-19-21-33(22-20-32)49-52-50(34-24-27-44-41(29-34)38-16-8-10-18-43(38)56-44)54-51(53-49)35-23-25-40-46(30-35)57-45-28-26-39-37-15-7-9-17-42(37)55(48(39)47(40)45)36-13-5-2-6-14-36/h1-30H. The van der Waals surface area contributed by atoms with Gasteiger partial charge in [-0.2, -0.15) is 0 Å². The van der Waals surface area contributed by atoms with Gasteiger partial charge in [-0.15, -0.1) is 0 Å². The van der Waals surface area contributed by atoms with Crippen LogP contribution in [0.1, 0.15) is 0 Å². The van der Waals surface area contributed by atoms with Gasteiger partial charge in [0, 0.05) is 49.3 Å². The summed E-state index contributed by atoms with van der Waals surface area (Å²) in [5, 5.41) is 6.56. The van der Waals surface area contributed by atoms with Crippen LogP contribution in [0.25, 0.3) is 117 Å². The van der Waals surface area contributed by atoms with Crippen LogP contribution in [-0.2, 0) is 0 Å². The molecule has 0 fully saturated rings. The maximum absolute atomic E-state index is 6.68. The Morgan fingerprint density at radius 2 is 0.877 bits per heavy atom. The van der Waals surface area contributed by atoms with Crippen molar-refractivity contribution in [2.24, 2.45) is 0 Å². The number of hydrogen-bond donors (Lipinski definition) is 0. The molecular weight excluding hydrogens is 701 g/mol. The van der Waals surface area contributed by atoms with Crippen LogP contribution in [0.5, 0.6) is 0 Å². The third-order valence-electron chi connectivity index (χ3n) is 11.1. The van der Waals surface area contributed by atoms with Crippen molar-refractivity contribution in [1.29, 1.82) is 0 Å². The molecule has 8 aromatic carbocycles. The van der Waals surface area contributed by atoms with E-state index in [-0.39, 0.29) is 0 Å². The Bertz CT molecular complexity index is 3510. The van der Waals surface area contributed by atoms with E-state index in [1.165, 1.54) is 10.8 Å². The highest BCUT2D eigenvalue weighted by Gasteiger charge is 2.21. The number of para-hydroxylation sites is 3. The Morgan fingerprint density at radius 3 is 1.68 bits per heavy atom. The zero-order valence-electron chi connectivity index (χ0n) is 30.4. The molecule has 0 aliphatic rings. The first-order valence-corrected chi connectivity index (χ1v) is 19.0. The predicted molar refractivity (Wildman–Crippen MR) is 230 cm³/mol. The first-order valence-electron chi connectivity index (χ1n) is 19.0. The zero-order chi connectivity index (χ0) is 37.5. The summed E-state index contributed by atoms with van der Waals surface area (Å²) in [4.78, 5) is 15.3. The second-order valence-electron chi connectivity index (χ2n) is 14.4. The van der Waals surface area contributed by atoms with E-state index < -0.39 is 0 Å². The average Bonchev–Trinajstić information content (AvgIpc) is 3.96. The van der Waals surface area contributed by atoms with Crippen LogP contribution in [0, 0.1) is 0 Å². The Morgan fingerprint density at radius 1 is 0.333 bits per heavy atom. The number of furan rings is 2. The van der Waals surface area contributed by atoms with Crippen LogP contribution in [0.15, 0.2) is 191 Å². The van der Waals surface area contributed by atoms with Gasteiger partial charge >= 0.3 is 0 Å². The van der Waals surface area contributed by atoms with Gasteiger partial charge in [-0.1, -0.05) is 115 Å². The smallest absolute Gasteiger partial charge is 0.164 e. The minimum atomic E-state index is 0.560. The van der Waals surface area contributed by atoms with E-state index in [4.69, 9.17) is 23.8 Å². The molecule has 12 rings (SSSR count). The lowest BCUT2D eigenvalue weighted by atomic mass is 10.0. The minimum absolute atomic E-state index is 0.560. The number of fused-ring (bicyclic) bond motifs is 10. The molecule has 0 bridgehead atoms. The molecule has 57 heavy (non-hydrogen) atoms. The summed E-state index contributed by atoms with van der Waals surface area (Å²) in [6, 6.07) is 62.7. The van der Waals surface area contributed by atoms with Crippen molar-refractivity contribution >= 4 is 65.7 Å². The second kappa shape index (κ2) is 12.3. The Balaban J connectivity index is 1.05. The lowest BCUT2D eigenvalue weighted by Gasteiger charge is -2.10. The number of aromatic nitrogens is 4. The van der Waals surface area contributed by atoms with E-state index in [0.29, 0.717) is 17.5 Å². The van der Waals surface area contributed by atoms with Crippen molar-refractivity contribution in [2.45, 2.75) is 0 Å². The van der Waals surface area contributed by atoms with E-state index >= 15 is 0 Å². The third-order valence-corrected chi connectivity index (χ3v) is 11.1. The topological polar surface area (TPSA) is 69.9 Å². The van der Waals surface area contributed by atoms with E-state index in [9.17, 15) is 0 Å². The van der Waals surface area contributed by atoms with Gasteiger partial charge in [0.15, 0.2) is 17.5 Å². The molecule has 0 aliphatic carbocycles. The number of hydrogen-bond acceptors (Lipinski definition) is 5. The zero-order valence-corrected chi connectivity index (χ0v) is 30.4. The molecule has 0 saturated heterocycles. The van der Waals surface area contributed by atoms with E-state index in [0.717, 1.165) is 88.4 Å². The van der Waals surface area contributed by atoms with Crippen molar-refractivity contribution in [3.8, 4) is 51.0 Å². The SMILES string of the molecule is c1ccc(-c2ccc(-c3nc(-c4ccc5c(c4)oc4ccc6c7ccccc7n(-c7ccccc7)c6c45)nc(-c4ccc5oc6ccccc6c5c4)n3)cc2)cc1. The fourth-order valence-electron chi connectivity index (χ4n) is 8.37. The molecule has 4 aromatic heterocycles. The molecular formula is C51H30N4O2. The molecule has 0 spiro atoms. The van der Waals surface area contributed by atoms with Crippen molar-refractivity contribution in [3.63, 3.8) is 0 Å². The number of rotatable bonds is 5. The van der Waals surface area contributed by atoms with Crippen molar-refractivity contribution < 1.29 is 8.83 Å². The van der Waals surface area contributed by atoms with Crippen LogP contribution < -0.4 is 0 Å². The molecule has 266 valence electrons. The van der Waals surface area contributed by atoms with Crippen LogP contribution in [-0.4, -0.2) is 19.5 Å². The molecule has 0 N–H and O–H groups in total. The summed E-state index contributed by atoms with van der Waals surface area (Å²) in [6.45, 7) is 0. The van der Waals surface area contributed by atoms with Gasteiger partial charge in [-0.3, -0.25) is 0 Å². The van der Waals surface area contributed by atoms with Gasteiger partial charge in [0.05, 0.1) is 16.4 Å². The van der Waals surface area contributed by atoms with Crippen molar-refractivity contribution in [2.75, 3.05) is 0 Å². The van der Waals surface area contributed by atoms with Gasteiger partial charge in [0.1, 0.15) is 22.3 Å². The quantitative estimate of drug-likeness (QED) is 0.176. The number of benzene rings is 8. The lowest BCUT2D eigenvalue weighted by molar-refractivity contribution is 0.668. The number of nitrogens with zero attached hydrogens (tertiary/aromatic N) is 4. The van der Waals surface area contributed by atoms with Gasteiger partial charge in [0.25, 0.3) is 0 Å². The molecule has 0 radical (unpaired) electrons. The minimum Gasteiger partial charge on any atom is -0.456 e. The maximum Gasteiger partial charge on any atom is 0.164 e. The van der Waals surface area contributed by atoms with Crippen LogP contribution >= 0.6 is 0 Å². The first kappa shape index (κ1) is 31.5. The summed E-state index contributed by atoms with van der Waals surface area (Å²) in [5.41, 5.74) is 11.5. The van der Waals surface area contributed by atoms with Gasteiger partial charge < -0.3 is 13.4 Å². The highest BCUT2D eigenvalue weighted by molar-refractivity contribution is 6.24. The molecule has 4 heterocycles. The fourth-order valence-corrected chi connectivity index (χ4v) is 8.37. The maximum atomic E-state index is 6.68. The Kier molecular flexibility index (Phi) is 6.83. The van der Waals surface area contributed by atoms with Crippen LogP contribution in [0.3, 0.4) is 0 Å². The molecule has 0 unspecified atom stereocenters. The van der Waals surface area contributed by atoms with Gasteiger partial charge in [-0.25, -0.2) is 15.0 Å². The predicted octanol–water partition coefficient (Wildman–Crippen LogP) is 13.4. The highest BCUT2D eigenvalue weighted by Crippen LogP contribution is 2.42. The first-order chi connectivity index (χ1) is 28.2. The largest absolute Gasteiger partial charge is 0.456 e. The molecule has 0 amide bonds. The molecule has 6 heteroatoms. The fraction of sp³-hybridized carbons (Fsp3) is 0. The summed E-state index contributed by atoms with van der Waals surface area (Å²) in [7, 11) is 0. The van der Waals surface area contributed by atoms with Crippen molar-refractivity contribution in [3.05, 3.63) is 182 Å². The molecule has 0 atom stereocenters. The summed E-state index contributed by atoms with van der Waals surface area (Å²) < 4.78 is 15.2. The molecule has 12 aromatic rings. The van der Waals surface area contributed by atoms with E-state index in [2.05, 4.69) is 150 Å². The normalized spacial score (nSPS) is 11.9. The second-order valence-corrected chi connectivity index (χ2v) is 14.4. The highest BCUT2D eigenvalue weighted by atomic mass is 16.3. The Hall–Kier alpha value is -7.83. The average molecular weight is 731 g/mol. The summed E-state index contributed by atoms with van der Waals surface area (Å²) >= 11 is 0.